The monoisotopic (exact) mass is 264 g/mol. The molecule has 0 spiro atoms. The normalized spacial score (nSPS) is 9.75. The van der Waals surface area contributed by atoms with Gasteiger partial charge in [0, 0.05) is 24.8 Å². The van der Waals surface area contributed by atoms with Gasteiger partial charge in [0.15, 0.2) is 0 Å². The van der Waals surface area contributed by atoms with E-state index in [4.69, 9.17) is 5.73 Å². The number of rotatable bonds is 3. The molecule has 2 heteroatoms. The molecule has 0 unspecified atom stereocenters. The molecule has 0 amide bonds. The summed E-state index contributed by atoms with van der Waals surface area (Å²) in [5.41, 5.74) is 10.2. The average molecular weight is 264 g/mol. The molecule has 0 aliphatic rings. The van der Waals surface area contributed by atoms with Crippen LogP contribution >= 0.6 is 0 Å². The van der Waals surface area contributed by atoms with Crippen molar-refractivity contribution in [1.29, 1.82) is 0 Å². The van der Waals surface area contributed by atoms with Crippen LogP contribution in [-0.4, -0.2) is 13.6 Å². The molecular formula is C18H20N2. The fourth-order valence-corrected chi connectivity index (χ4v) is 2.20. The minimum absolute atomic E-state index is 0.401. The van der Waals surface area contributed by atoms with Gasteiger partial charge >= 0.3 is 0 Å². The minimum atomic E-state index is 0.401. The van der Waals surface area contributed by atoms with Crippen molar-refractivity contribution in [3.63, 3.8) is 0 Å². The van der Waals surface area contributed by atoms with Crippen molar-refractivity contribution < 1.29 is 0 Å². The first kappa shape index (κ1) is 14.2. The quantitative estimate of drug-likeness (QED) is 0.864. The molecule has 2 N–H and O–H groups in total. The standard InChI is InChI=1S/C18H20N2/c1-15-6-3-4-8-18(15)20(2)14-17-11-9-16(10-12-17)7-5-13-19/h3-4,6,8-12H,13-14,19H2,1-2H3. The van der Waals surface area contributed by atoms with Gasteiger partial charge in [0.05, 0.1) is 6.54 Å². The molecule has 0 aromatic heterocycles. The third-order valence-corrected chi connectivity index (χ3v) is 3.24. The molecule has 0 aliphatic heterocycles. The van der Waals surface area contributed by atoms with Crippen LogP contribution in [0.2, 0.25) is 0 Å². The van der Waals surface area contributed by atoms with E-state index in [0.717, 1.165) is 12.1 Å². The summed E-state index contributed by atoms with van der Waals surface area (Å²) >= 11 is 0. The van der Waals surface area contributed by atoms with E-state index >= 15 is 0 Å². The summed E-state index contributed by atoms with van der Waals surface area (Å²) in [6.07, 6.45) is 0. The Morgan fingerprint density at radius 2 is 1.75 bits per heavy atom. The number of nitrogens with zero attached hydrogens (tertiary/aromatic N) is 1. The summed E-state index contributed by atoms with van der Waals surface area (Å²) in [6.45, 7) is 3.42. The first-order valence-corrected chi connectivity index (χ1v) is 6.75. The van der Waals surface area contributed by atoms with Crippen LogP contribution in [0, 0.1) is 18.8 Å². The summed E-state index contributed by atoms with van der Waals surface area (Å²) in [5, 5.41) is 0. The third-order valence-electron chi connectivity index (χ3n) is 3.24. The molecular weight excluding hydrogens is 244 g/mol. The van der Waals surface area contributed by atoms with Crippen molar-refractivity contribution in [1.82, 2.24) is 0 Å². The van der Waals surface area contributed by atoms with Gasteiger partial charge in [0.2, 0.25) is 0 Å². The Bertz CT molecular complexity index is 618. The number of aryl methyl sites for hydroxylation is 1. The maximum absolute atomic E-state index is 5.37. The van der Waals surface area contributed by atoms with Crippen molar-refractivity contribution in [2.75, 3.05) is 18.5 Å². The fraction of sp³-hybridized carbons (Fsp3) is 0.222. The zero-order chi connectivity index (χ0) is 14.4. The summed E-state index contributed by atoms with van der Waals surface area (Å²) in [5.74, 6) is 5.90. The Labute approximate surface area is 121 Å². The Kier molecular flexibility index (Phi) is 4.81. The molecule has 2 rings (SSSR count). The van der Waals surface area contributed by atoms with Gasteiger partial charge in [0.1, 0.15) is 0 Å². The largest absolute Gasteiger partial charge is 0.370 e. The maximum atomic E-state index is 5.37. The van der Waals surface area contributed by atoms with E-state index in [0.29, 0.717) is 6.54 Å². The van der Waals surface area contributed by atoms with Gasteiger partial charge in [-0.3, -0.25) is 0 Å². The molecule has 0 radical (unpaired) electrons. The van der Waals surface area contributed by atoms with Crippen LogP contribution in [0.1, 0.15) is 16.7 Å². The lowest BCUT2D eigenvalue weighted by Gasteiger charge is -2.21. The van der Waals surface area contributed by atoms with E-state index in [1.807, 2.05) is 12.1 Å². The van der Waals surface area contributed by atoms with Crippen LogP contribution < -0.4 is 10.6 Å². The van der Waals surface area contributed by atoms with Crippen LogP contribution in [0.15, 0.2) is 48.5 Å². The molecule has 20 heavy (non-hydrogen) atoms. The molecule has 0 bridgehead atoms. The Balaban J connectivity index is 2.08. The molecule has 0 heterocycles. The molecule has 2 nitrogen and oxygen atoms in total. The molecule has 2 aromatic carbocycles. The van der Waals surface area contributed by atoms with Crippen molar-refractivity contribution >= 4 is 5.69 Å². The van der Waals surface area contributed by atoms with Crippen molar-refractivity contribution in [3.05, 3.63) is 65.2 Å². The van der Waals surface area contributed by atoms with Crippen LogP contribution in [0.3, 0.4) is 0 Å². The van der Waals surface area contributed by atoms with Gasteiger partial charge in [0.25, 0.3) is 0 Å². The highest BCUT2D eigenvalue weighted by Crippen LogP contribution is 2.19. The number of para-hydroxylation sites is 1. The summed E-state index contributed by atoms with van der Waals surface area (Å²) < 4.78 is 0. The molecule has 0 saturated carbocycles. The van der Waals surface area contributed by atoms with Crippen molar-refractivity contribution in [3.8, 4) is 11.8 Å². The van der Waals surface area contributed by atoms with Gasteiger partial charge in [-0.1, -0.05) is 42.2 Å². The lowest BCUT2D eigenvalue weighted by molar-refractivity contribution is 0.917. The second kappa shape index (κ2) is 6.79. The number of hydrogen-bond acceptors (Lipinski definition) is 2. The number of hydrogen-bond donors (Lipinski definition) is 1. The Morgan fingerprint density at radius 3 is 2.40 bits per heavy atom. The fourth-order valence-electron chi connectivity index (χ4n) is 2.20. The predicted molar refractivity (Wildman–Crippen MR) is 85.7 cm³/mol. The van der Waals surface area contributed by atoms with Gasteiger partial charge in [-0.25, -0.2) is 0 Å². The highest BCUT2D eigenvalue weighted by Gasteiger charge is 2.04. The van der Waals surface area contributed by atoms with Crippen LogP contribution in [-0.2, 0) is 6.54 Å². The Morgan fingerprint density at radius 1 is 1.05 bits per heavy atom. The minimum Gasteiger partial charge on any atom is -0.370 e. The zero-order valence-corrected chi connectivity index (χ0v) is 12.1. The smallest absolute Gasteiger partial charge is 0.0555 e. The van der Waals surface area contributed by atoms with Gasteiger partial charge in [-0.15, -0.1) is 0 Å². The third kappa shape index (κ3) is 3.63. The van der Waals surface area contributed by atoms with E-state index in [2.05, 4.69) is 67.1 Å². The highest BCUT2D eigenvalue weighted by molar-refractivity contribution is 5.52. The molecule has 0 fully saturated rings. The number of benzene rings is 2. The van der Waals surface area contributed by atoms with Gasteiger partial charge < -0.3 is 10.6 Å². The van der Waals surface area contributed by atoms with E-state index in [1.54, 1.807) is 0 Å². The second-order valence-corrected chi connectivity index (χ2v) is 4.85. The van der Waals surface area contributed by atoms with Crippen LogP contribution in [0.5, 0.6) is 0 Å². The lowest BCUT2D eigenvalue weighted by atomic mass is 10.1. The number of nitrogens with two attached hydrogens (primary N) is 1. The van der Waals surface area contributed by atoms with Crippen molar-refractivity contribution in [2.24, 2.45) is 5.73 Å². The number of anilines is 1. The second-order valence-electron chi connectivity index (χ2n) is 4.85. The zero-order valence-electron chi connectivity index (χ0n) is 12.1. The van der Waals surface area contributed by atoms with Crippen LogP contribution in [0.25, 0.3) is 0 Å². The first-order chi connectivity index (χ1) is 9.70. The lowest BCUT2D eigenvalue weighted by Crippen LogP contribution is -2.17. The molecule has 0 saturated heterocycles. The van der Waals surface area contributed by atoms with E-state index < -0.39 is 0 Å². The SMILES string of the molecule is Cc1ccccc1N(C)Cc1ccc(C#CCN)cc1. The van der Waals surface area contributed by atoms with E-state index in [-0.39, 0.29) is 0 Å². The van der Waals surface area contributed by atoms with Gasteiger partial charge in [-0.2, -0.15) is 0 Å². The molecule has 0 aliphatic carbocycles. The predicted octanol–water partition coefficient (Wildman–Crippen LogP) is 2.94. The average Bonchev–Trinajstić information content (AvgIpc) is 2.47. The molecule has 102 valence electrons. The topological polar surface area (TPSA) is 29.3 Å². The molecule has 0 atom stereocenters. The molecule has 2 aromatic rings. The van der Waals surface area contributed by atoms with E-state index in [1.165, 1.54) is 16.8 Å². The maximum Gasteiger partial charge on any atom is 0.0555 e. The summed E-state index contributed by atoms with van der Waals surface area (Å²) in [7, 11) is 2.12. The highest BCUT2D eigenvalue weighted by atomic mass is 15.1. The van der Waals surface area contributed by atoms with E-state index in [9.17, 15) is 0 Å². The summed E-state index contributed by atoms with van der Waals surface area (Å²) in [6, 6.07) is 16.8. The van der Waals surface area contributed by atoms with Crippen LogP contribution in [0.4, 0.5) is 5.69 Å². The Hall–Kier alpha value is -2.24. The first-order valence-electron chi connectivity index (χ1n) is 6.75. The summed E-state index contributed by atoms with van der Waals surface area (Å²) in [4.78, 5) is 2.26. The van der Waals surface area contributed by atoms with Gasteiger partial charge in [-0.05, 0) is 36.2 Å². The van der Waals surface area contributed by atoms with Crippen molar-refractivity contribution in [2.45, 2.75) is 13.5 Å².